The Hall–Kier alpha value is -2.48. The van der Waals surface area contributed by atoms with E-state index < -0.39 is 0 Å². The smallest absolute Gasteiger partial charge is 0.0713 e. The first-order valence-electron chi connectivity index (χ1n) is 7.22. The summed E-state index contributed by atoms with van der Waals surface area (Å²) in [4.78, 5) is 8.91. The van der Waals surface area contributed by atoms with Crippen LogP contribution in [0.4, 0.5) is 0 Å². The maximum atomic E-state index is 4.83. The quantitative estimate of drug-likeness (QED) is 0.676. The van der Waals surface area contributed by atoms with Gasteiger partial charge in [-0.2, -0.15) is 0 Å². The zero-order valence-electron chi connectivity index (χ0n) is 12.3. The largest absolute Gasteiger partial charge is 0.265 e. The van der Waals surface area contributed by atoms with Gasteiger partial charge < -0.3 is 0 Å². The molecule has 0 aliphatic heterocycles. The van der Waals surface area contributed by atoms with Crippen molar-refractivity contribution < 1.29 is 0 Å². The Labute approximate surface area is 125 Å². The van der Waals surface area contributed by atoms with Gasteiger partial charge in [0.05, 0.1) is 11.4 Å². The van der Waals surface area contributed by atoms with E-state index in [1.807, 2.05) is 30.3 Å². The van der Waals surface area contributed by atoms with Crippen LogP contribution in [0.3, 0.4) is 0 Å². The first-order valence-corrected chi connectivity index (χ1v) is 7.22. The Morgan fingerprint density at radius 1 is 0.762 bits per heavy atom. The molecule has 21 heavy (non-hydrogen) atoms. The average molecular weight is 274 g/mol. The third-order valence-electron chi connectivity index (χ3n) is 3.56. The summed E-state index contributed by atoms with van der Waals surface area (Å²) < 4.78 is 0. The van der Waals surface area contributed by atoms with Gasteiger partial charge in [-0.25, -0.2) is 4.98 Å². The van der Waals surface area contributed by atoms with Gasteiger partial charge in [-0.05, 0) is 35.7 Å². The van der Waals surface area contributed by atoms with Crippen LogP contribution in [0.5, 0.6) is 0 Å². The molecule has 0 N–H and O–H groups in total. The lowest BCUT2D eigenvalue weighted by Crippen LogP contribution is -1.95. The fraction of sp³-hybridized carbons (Fsp3) is 0.158. The second kappa shape index (κ2) is 5.88. The molecule has 3 rings (SSSR count). The lowest BCUT2D eigenvalue weighted by Gasteiger charge is -2.11. The number of hydrogen-bond acceptors (Lipinski definition) is 2. The van der Waals surface area contributed by atoms with Gasteiger partial charge in [0.2, 0.25) is 0 Å². The van der Waals surface area contributed by atoms with Crippen LogP contribution in [0, 0.1) is 0 Å². The lowest BCUT2D eigenvalue weighted by molar-refractivity contribution is 0.864. The summed E-state index contributed by atoms with van der Waals surface area (Å²) in [5.41, 5.74) is 5.58. The van der Waals surface area contributed by atoms with E-state index in [0.717, 1.165) is 22.5 Å². The van der Waals surface area contributed by atoms with Crippen LogP contribution in [0.25, 0.3) is 22.5 Å². The van der Waals surface area contributed by atoms with Crippen molar-refractivity contribution in [1.29, 1.82) is 0 Å². The number of aromatic nitrogens is 2. The minimum atomic E-state index is 0.469. The van der Waals surface area contributed by atoms with Crippen LogP contribution < -0.4 is 0 Å². The Kier molecular flexibility index (Phi) is 3.78. The third-order valence-corrected chi connectivity index (χ3v) is 3.56. The van der Waals surface area contributed by atoms with E-state index in [1.54, 1.807) is 12.4 Å². The number of pyridine rings is 2. The fourth-order valence-electron chi connectivity index (χ4n) is 2.31. The minimum absolute atomic E-state index is 0.469. The van der Waals surface area contributed by atoms with Crippen LogP contribution in [0.1, 0.15) is 25.3 Å². The molecule has 2 heteroatoms. The molecule has 0 bridgehead atoms. The summed E-state index contributed by atoms with van der Waals surface area (Å²) in [6.45, 7) is 4.42. The molecule has 0 saturated carbocycles. The number of rotatable bonds is 3. The van der Waals surface area contributed by atoms with Crippen molar-refractivity contribution in [3.8, 4) is 22.5 Å². The van der Waals surface area contributed by atoms with Crippen LogP contribution in [0.2, 0.25) is 0 Å². The Bertz CT molecular complexity index is 661. The Morgan fingerprint density at radius 2 is 1.33 bits per heavy atom. The van der Waals surface area contributed by atoms with E-state index in [1.165, 1.54) is 5.56 Å². The van der Waals surface area contributed by atoms with Crippen LogP contribution >= 0.6 is 0 Å². The van der Waals surface area contributed by atoms with Gasteiger partial charge in [0.1, 0.15) is 0 Å². The van der Waals surface area contributed by atoms with Gasteiger partial charge in [-0.1, -0.05) is 44.2 Å². The van der Waals surface area contributed by atoms with E-state index in [0.29, 0.717) is 5.92 Å². The summed E-state index contributed by atoms with van der Waals surface area (Å²) in [6, 6.07) is 18.7. The molecular weight excluding hydrogens is 256 g/mol. The summed E-state index contributed by atoms with van der Waals surface area (Å²) >= 11 is 0. The van der Waals surface area contributed by atoms with E-state index in [2.05, 4.69) is 43.1 Å². The molecule has 0 atom stereocenters. The van der Waals surface area contributed by atoms with Crippen molar-refractivity contribution in [3.63, 3.8) is 0 Å². The molecule has 0 amide bonds. The van der Waals surface area contributed by atoms with E-state index in [-0.39, 0.29) is 0 Å². The zero-order chi connectivity index (χ0) is 14.7. The molecule has 0 unspecified atom stereocenters. The highest BCUT2D eigenvalue weighted by atomic mass is 14.7. The van der Waals surface area contributed by atoms with Gasteiger partial charge in [0.15, 0.2) is 0 Å². The van der Waals surface area contributed by atoms with Crippen LogP contribution in [-0.2, 0) is 0 Å². The van der Waals surface area contributed by atoms with Crippen molar-refractivity contribution in [3.05, 3.63) is 72.6 Å². The van der Waals surface area contributed by atoms with Crippen molar-refractivity contribution in [1.82, 2.24) is 9.97 Å². The summed E-state index contributed by atoms with van der Waals surface area (Å²) in [6.07, 6.45) is 3.61. The highest BCUT2D eigenvalue weighted by Crippen LogP contribution is 2.27. The van der Waals surface area contributed by atoms with Crippen molar-refractivity contribution in [2.75, 3.05) is 0 Å². The zero-order valence-corrected chi connectivity index (χ0v) is 12.3. The van der Waals surface area contributed by atoms with Crippen molar-refractivity contribution in [2.45, 2.75) is 19.8 Å². The summed E-state index contributed by atoms with van der Waals surface area (Å²) in [5, 5.41) is 0. The molecule has 104 valence electrons. The van der Waals surface area contributed by atoms with Crippen molar-refractivity contribution in [2.24, 2.45) is 0 Å². The molecule has 0 fully saturated rings. The van der Waals surface area contributed by atoms with E-state index >= 15 is 0 Å². The highest BCUT2D eigenvalue weighted by molar-refractivity contribution is 5.67. The molecular formula is C19H18N2. The second-order valence-corrected chi connectivity index (χ2v) is 5.43. The first-order chi connectivity index (χ1) is 10.2. The van der Waals surface area contributed by atoms with Gasteiger partial charge in [0.25, 0.3) is 0 Å². The van der Waals surface area contributed by atoms with Crippen LogP contribution in [0.15, 0.2) is 67.0 Å². The molecule has 0 aliphatic rings. The minimum Gasteiger partial charge on any atom is -0.265 e. The standard InChI is InChI=1S/C19H18N2/c1-14(2)17-12-18(15-6-4-3-5-7-15)21-19(13-17)16-8-10-20-11-9-16/h3-14H,1-2H3. The van der Waals surface area contributed by atoms with Gasteiger partial charge in [0, 0.05) is 23.5 Å². The molecule has 0 spiro atoms. The van der Waals surface area contributed by atoms with E-state index in [4.69, 9.17) is 4.98 Å². The Balaban J connectivity index is 2.16. The maximum absolute atomic E-state index is 4.83. The molecule has 3 aromatic rings. The maximum Gasteiger partial charge on any atom is 0.0713 e. The highest BCUT2D eigenvalue weighted by Gasteiger charge is 2.09. The summed E-state index contributed by atoms with van der Waals surface area (Å²) in [5.74, 6) is 0.469. The molecule has 0 radical (unpaired) electrons. The normalized spacial score (nSPS) is 10.8. The predicted octanol–water partition coefficient (Wildman–Crippen LogP) is 4.93. The summed E-state index contributed by atoms with van der Waals surface area (Å²) in [7, 11) is 0. The number of nitrogens with zero attached hydrogens (tertiary/aromatic N) is 2. The number of benzene rings is 1. The molecule has 0 saturated heterocycles. The first kappa shape index (κ1) is 13.5. The second-order valence-electron chi connectivity index (χ2n) is 5.43. The van der Waals surface area contributed by atoms with Gasteiger partial charge >= 0.3 is 0 Å². The molecule has 2 heterocycles. The lowest BCUT2D eigenvalue weighted by atomic mass is 9.98. The average Bonchev–Trinajstić information content (AvgIpc) is 2.56. The molecule has 0 aliphatic carbocycles. The van der Waals surface area contributed by atoms with Gasteiger partial charge in [-0.15, -0.1) is 0 Å². The predicted molar refractivity (Wildman–Crippen MR) is 87.0 cm³/mol. The molecule has 2 nitrogen and oxygen atoms in total. The molecule has 2 aromatic heterocycles. The number of hydrogen-bond donors (Lipinski definition) is 0. The monoisotopic (exact) mass is 274 g/mol. The van der Waals surface area contributed by atoms with Crippen LogP contribution in [-0.4, -0.2) is 9.97 Å². The van der Waals surface area contributed by atoms with E-state index in [9.17, 15) is 0 Å². The topological polar surface area (TPSA) is 25.8 Å². The Morgan fingerprint density at radius 3 is 1.90 bits per heavy atom. The SMILES string of the molecule is CC(C)c1cc(-c2ccccc2)nc(-c2ccncc2)c1. The third kappa shape index (κ3) is 3.00. The van der Waals surface area contributed by atoms with Crippen molar-refractivity contribution >= 4 is 0 Å². The molecule has 1 aromatic carbocycles. The fourth-order valence-corrected chi connectivity index (χ4v) is 2.31. The van der Waals surface area contributed by atoms with Gasteiger partial charge in [-0.3, -0.25) is 4.98 Å².